The minimum atomic E-state index is -0.0541. The van der Waals surface area contributed by atoms with Gasteiger partial charge in [-0.1, -0.05) is 0 Å². The van der Waals surface area contributed by atoms with Crippen molar-refractivity contribution in [2.45, 2.75) is 44.6 Å². The molecule has 22 heavy (non-hydrogen) atoms. The standard InChI is InChI=1S/C17H23N3O2/c21-15-5-4-11-13(19-15)2-1-3-14(11)20-16(22)12-10-17(12)6-8-18-9-7-17/h4-5,12,14,18H,1-3,6-10H2,(H,19,21)(H,20,22). The molecular formula is C17H23N3O2. The summed E-state index contributed by atoms with van der Waals surface area (Å²) in [5.74, 6) is 0.411. The van der Waals surface area contributed by atoms with Gasteiger partial charge in [-0.25, -0.2) is 0 Å². The maximum Gasteiger partial charge on any atom is 0.248 e. The van der Waals surface area contributed by atoms with Crippen LogP contribution < -0.4 is 16.2 Å². The highest BCUT2D eigenvalue weighted by Gasteiger charge is 2.57. The molecule has 5 heteroatoms. The molecule has 0 aromatic carbocycles. The average Bonchev–Trinajstić information content (AvgIpc) is 3.21. The molecule has 2 atom stereocenters. The van der Waals surface area contributed by atoms with Gasteiger partial charge in [0.25, 0.3) is 0 Å². The number of amides is 1. The van der Waals surface area contributed by atoms with Crippen LogP contribution in [-0.2, 0) is 11.2 Å². The normalized spacial score (nSPS) is 28.9. The molecule has 3 N–H and O–H groups in total. The van der Waals surface area contributed by atoms with E-state index in [1.165, 1.54) is 0 Å². The van der Waals surface area contributed by atoms with Crippen molar-refractivity contribution in [1.29, 1.82) is 0 Å². The molecule has 5 nitrogen and oxygen atoms in total. The minimum Gasteiger partial charge on any atom is -0.349 e. The summed E-state index contributed by atoms with van der Waals surface area (Å²) in [4.78, 5) is 27.0. The number of piperidine rings is 1. The van der Waals surface area contributed by atoms with Crippen LogP contribution in [0.15, 0.2) is 16.9 Å². The number of hydrogen-bond acceptors (Lipinski definition) is 3. The van der Waals surface area contributed by atoms with Gasteiger partial charge in [-0.3, -0.25) is 9.59 Å². The first-order chi connectivity index (χ1) is 10.7. The van der Waals surface area contributed by atoms with E-state index in [-0.39, 0.29) is 28.8 Å². The zero-order valence-electron chi connectivity index (χ0n) is 12.8. The summed E-state index contributed by atoms with van der Waals surface area (Å²) in [6.07, 6.45) is 6.17. The molecule has 0 bridgehead atoms. The molecule has 2 aliphatic carbocycles. The zero-order chi connectivity index (χ0) is 15.2. The van der Waals surface area contributed by atoms with E-state index < -0.39 is 0 Å². The molecule has 1 aromatic heterocycles. The highest BCUT2D eigenvalue weighted by atomic mass is 16.2. The number of hydrogen-bond donors (Lipinski definition) is 3. The van der Waals surface area contributed by atoms with Crippen molar-refractivity contribution >= 4 is 5.91 Å². The third-order valence-electron chi connectivity index (χ3n) is 5.75. The van der Waals surface area contributed by atoms with Crippen LogP contribution in [0.4, 0.5) is 0 Å². The van der Waals surface area contributed by atoms with Gasteiger partial charge in [0.15, 0.2) is 0 Å². The molecule has 0 radical (unpaired) electrons. The van der Waals surface area contributed by atoms with Crippen LogP contribution in [-0.4, -0.2) is 24.0 Å². The van der Waals surface area contributed by atoms with Gasteiger partial charge in [-0.05, 0) is 68.7 Å². The first-order valence-electron chi connectivity index (χ1n) is 8.41. The van der Waals surface area contributed by atoms with Gasteiger partial charge < -0.3 is 15.6 Å². The predicted molar refractivity (Wildman–Crippen MR) is 83.5 cm³/mol. The fourth-order valence-corrected chi connectivity index (χ4v) is 4.32. The summed E-state index contributed by atoms with van der Waals surface area (Å²) in [5, 5.41) is 6.62. The highest BCUT2D eigenvalue weighted by molar-refractivity contribution is 5.83. The number of pyridine rings is 1. The second kappa shape index (κ2) is 5.23. The number of rotatable bonds is 2. The van der Waals surface area contributed by atoms with Crippen LogP contribution >= 0.6 is 0 Å². The van der Waals surface area contributed by atoms with E-state index in [2.05, 4.69) is 15.6 Å². The number of fused-ring (bicyclic) bond motifs is 1. The monoisotopic (exact) mass is 301 g/mol. The quantitative estimate of drug-likeness (QED) is 0.770. The first kappa shape index (κ1) is 14.0. The lowest BCUT2D eigenvalue weighted by atomic mass is 9.89. The second-order valence-corrected chi connectivity index (χ2v) is 7.08. The lowest BCUT2D eigenvalue weighted by Crippen LogP contribution is -2.36. The Balaban J connectivity index is 1.46. The average molecular weight is 301 g/mol. The molecule has 1 aliphatic heterocycles. The van der Waals surface area contributed by atoms with E-state index in [4.69, 9.17) is 0 Å². The second-order valence-electron chi connectivity index (χ2n) is 7.08. The molecule has 1 saturated heterocycles. The summed E-state index contributed by atoms with van der Waals surface area (Å²) in [7, 11) is 0. The molecule has 118 valence electrons. The van der Waals surface area contributed by atoms with Crippen LogP contribution in [0.25, 0.3) is 0 Å². The van der Waals surface area contributed by atoms with Crippen molar-refractivity contribution in [3.05, 3.63) is 33.7 Å². The summed E-state index contributed by atoms with van der Waals surface area (Å²) >= 11 is 0. The third kappa shape index (κ3) is 2.37. The van der Waals surface area contributed by atoms with Crippen LogP contribution in [0.5, 0.6) is 0 Å². The van der Waals surface area contributed by atoms with Crippen LogP contribution in [0.1, 0.15) is 49.4 Å². The lowest BCUT2D eigenvalue weighted by Gasteiger charge is -2.27. The van der Waals surface area contributed by atoms with Crippen molar-refractivity contribution in [1.82, 2.24) is 15.6 Å². The van der Waals surface area contributed by atoms with E-state index in [0.29, 0.717) is 0 Å². The van der Waals surface area contributed by atoms with E-state index in [9.17, 15) is 9.59 Å². The maximum atomic E-state index is 12.6. The fraction of sp³-hybridized carbons (Fsp3) is 0.647. The molecule has 2 unspecified atom stereocenters. The van der Waals surface area contributed by atoms with Gasteiger partial charge in [0.05, 0.1) is 6.04 Å². The molecule has 1 amide bonds. The van der Waals surface area contributed by atoms with Crippen molar-refractivity contribution < 1.29 is 4.79 Å². The van der Waals surface area contributed by atoms with Gasteiger partial charge in [0.1, 0.15) is 0 Å². The molecule has 1 spiro atoms. The Hall–Kier alpha value is -1.62. The Morgan fingerprint density at radius 1 is 1.27 bits per heavy atom. The molecule has 1 saturated carbocycles. The van der Waals surface area contributed by atoms with Gasteiger partial charge >= 0.3 is 0 Å². The summed E-state index contributed by atoms with van der Waals surface area (Å²) in [5.41, 5.74) is 2.31. The topological polar surface area (TPSA) is 74.0 Å². The van der Waals surface area contributed by atoms with Gasteiger partial charge in [-0.2, -0.15) is 0 Å². The van der Waals surface area contributed by atoms with E-state index >= 15 is 0 Å². The van der Waals surface area contributed by atoms with Crippen LogP contribution in [0.3, 0.4) is 0 Å². The fourth-order valence-electron chi connectivity index (χ4n) is 4.32. The SMILES string of the molecule is O=C(NC1CCCc2[nH]c(=O)ccc21)C1CC12CCNCC2. The summed E-state index contributed by atoms with van der Waals surface area (Å²) in [6.45, 7) is 2.08. The first-order valence-corrected chi connectivity index (χ1v) is 8.41. The molecule has 1 aromatic rings. The highest BCUT2D eigenvalue weighted by Crippen LogP contribution is 2.58. The molecule has 3 aliphatic rings. The van der Waals surface area contributed by atoms with Crippen molar-refractivity contribution in [2.24, 2.45) is 11.3 Å². The number of aryl methyl sites for hydroxylation is 1. The van der Waals surface area contributed by atoms with Gasteiger partial charge in [-0.15, -0.1) is 0 Å². The van der Waals surface area contributed by atoms with Crippen LogP contribution in [0, 0.1) is 11.3 Å². The number of nitrogens with one attached hydrogen (secondary N) is 3. The Morgan fingerprint density at radius 2 is 2.09 bits per heavy atom. The number of carbonyl (C=O) groups is 1. The largest absolute Gasteiger partial charge is 0.349 e. The van der Waals surface area contributed by atoms with Gasteiger partial charge in [0.2, 0.25) is 11.5 Å². The maximum absolute atomic E-state index is 12.6. The summed E-state index contributed by atoms with van der Waals surface area (Å²) in [6, 6.07) is 3.51. The number of aromatic amines is 1. The number of H-pyrrole nitrogens is 1. The molecule has 2 fully saturated rings. The van der Waals surface area contributed by atoms with Crippen LogP contribution in [0.2, 0.25) is 0 Å². The Morgan fingerprint density at radius 3 is 2.91 bits per heavy atom. The third-order valence-corrected chi connectivity index (χ3v) is 5.75. The van der Waals surface area contributed by atoms with E-state index in [1.807, 2.05) is 6.07 Å². The van der Waals surface area contributed by atoms with Crippen molar-refractivity contribution in [3.63, 3.8) is 0 Å². The Kier molecular flexibility index (Phi) is 3.33. The molecule has 2 heterocycles. The van der Waals surface area contributed by atoms with Crippen molar-refractivity contribution in [2.75, 3.05) is 13.1 Å². The van der Waals surface area contributed by atoms with Crippen molar-refractivity contribution in [3.8, 4) is 0 Å². The van der Waals surface area contributed by atoms with E-state index in [1.54, 1.807) is 6.07 Å². The lowest BCUT2D eigenvalue weighted by molar-refractivity contribution is -0.124. The Labute approximate surface area is 129 Å². The molecule has 4 rings (SSSR count). The zero-order valence-corrected chi connectivity index (χ0v) is 12.8. The summed E-state index contributed by atoms with van der Waals surface area (Å²) < 4.78 is 0. The number of carbonyl (C=O) groups excluding carboxylic acids is 1. The number of aromatic nitrogens is 1. The smallest absolute Gasteiger partial charge is 0.248 e. The Bertz CT molecular complexity index is 646. The molecular weight excluding hydrogens is 278 g/mol. The van der Waals surface area contributed by atoms with Gasteiger partial charge in [0, 0.05) is 17.7 Å². The predicted octanol–water partition coefficient (Wildman–Crippen LogP) is 1.26. The van der Waals surface area contributed by atoms with E-state index in [0.717, 1.165) is 62.9 Å². The minimum absolute atomic E-state index is 0.0541.